The molecule has 1 aliphatic carbocycles. The van der Waals surface area contributed by atoms with E-state index in [1.165, 1.54) is 6.42 Å². The van der Waals surface area contributed by atoms with E-state index in [2.05, 4.69) is 27.2 Å². The first-order chi connectivity index (χ1) is 8.83. The average Bonchev–Trinajstić information content (AvgIpc) is 2.50. The molecule has 1 aromatic rings. The Morgan fingerprint density at radius 3 is 2.94 bits per heavy atom. The third-order valence-corrected chi connectivity index (χ3v) is 3.93. The summed E-state index contributed by atoms with van der Waals surface area (Å²) in [6.07, 6.45) is 5.77. The van der Waals surface area contributed by atoms with Crippen molar-refractivity contribution in [2.24, 2.45) is 5.16 Å². The Balaban J connectivity index is 1.87. The summed E-state index contributed by atoms with van der Waals surface area (Å²) in [6, 6.07) is 6.04. The van der Waals surface area contributed by atoms with Crippen molar-refractivity contribution in [2.75, 3.05) is 6.61 Å². The molecule has 1 aliphatic heterocycles. The molecule has 1 fully saturated rings. The van der Waals surface area contributed by atoms with Crippen LogP contribution >= 0.6 is 15.9 Å². The number of hydrogen-bond donors (Lipinski definition) is 0. The molecule has 0 bridgehead atoms. The van der Waals surface area contributed by atoms with Crippen LogP contribution in [-0.4, -0.2) is 18.4 Å². The van der Waals surface area contributed by atoms with E-state index < -0.39 is 0 Å². The number of hydrogen-bond acceptors (Lipinski definition) is 3. The van der Waals surface area contributed by atoms with Crippen LogP contribution < -0.4 is 4.74 Å². The van der Waals surface area contributed by atoms with E-state index in [-0.39, 0.29) is 0 Å². The molecular weight excluding hydrogens is 294 g/mol. The van der Waals surface area contributed by atoms with Gasteiger partial charge in [0.1, 0.15) is 11.9 Å². The molecule has 1 heterocycles. The van der Waals surface area contributed by atoms with Crippen molar-refractivity contribution >= 4 is 21.6 Å². The molecule has 4 heteroatoms. The Hall–Kier alpha value is -1.03. The summed E-state index contributed by atoms with van der Waals surface area (Å²) in [7, 11) is 0. The van der Waals surface area contributed by atoms with Gasteiger partial charge in [-0.2, -0.15) is 0 Å². The summed E-state index contributed by atoms with van der Waals surface area (Å²) < 4.78 is 6.77. The van der Waals surface area contributed by atoms with E-state index in [0.29, 0.717) is 6.10 Å². The molecule has 2 aliphatic rings. The first-order valence-electron chi connectivity index (χ1n) is 6.48. The standard InChI is InChI=1S/C14H16BrNO2/c15-10-6-7-14-12(9-10)13(5-2-8-17-14)16-18-11-3-1-4-11/h6-7,9,11H,1-5,8H2. The Kier molecular flexibility index (Phi) is 3.55. The molecule has 1 saturated carbocycles. The van der Waals surface area contributed by atoms with Crippen molar-refractivity contribution in [3.8, 4) is 5.75 Å². The summed E-state index contributed by atoms with van der Waals surface area (Å²) in [5.74, 6) is 0.909. The molecule has 0 unspecified atom stereocenters. The Labute approximate surface area is 115 Å². The fourth-order valence-electron chi connectivity index (χ4n) is 2.12. The van der Waals surface area contributed by atoms with Gasteiger partial charge in [0.25, 0.3) is 0 Å². The molecule has 0 saturated heterocycles. The maximum absolute atomic E-state index is 5.72. The number of halogens is 1. The number of ether oxygens (including phenoxy) is 1. The van der Waals surface area contributed by atoms with Crippen LogP contribution in [0.5, 0.6) is 5.75 Å². The predicted octanol–water partition coefficient (Wildman–Crippen LogP) is 3.89. The van der Waals surface area contributed by atoms with Crippen molar-refractivity contribution in [1.82, 2.24) is 0 Å². The molecule has 0 N–H and O–H groups in total. The summed E-state index contributed by atoms with van der Waals surface area (Å²) in [6.45, 7) is 0.747. The highest BCUT2D eigenvalue weighted by atomic mass is 79.9. The largest absolute Gasteiger partial charge is 0.493 e. The second-order valence-electron chi connectivity index (χ2n) is 4.79. The minimum absolute atomic E-state index is 0.331. The summed E-state index contributed by atoms with van der Waals surface area (Å²) in [5, 5.41) is 4.36. The average molecular weight is 310 g/mol. The van der Waals surface area contributed by atoms with Gasteiger partial charge in [-0.15, -0.1) is 0 Å². The second-order valence-corrected chi connectivity index (χ2v) is 5.70. The fraction of sp³-hybridized carbons (Fsp3) is 0.500. The minimum atomic E-state index is 0.331. The van der Waals surface area contributed by atoms with Crippen LogP contribution in [0, 0.1) is 0 Å². The molecule has 0 aromatic heterocycles. The minimum Gasteiger partial charge on any atom is -0.493 e. The molecule has 3 nitrogen and oxygen atoms in total. The highest BCUT2D eigenvalue weighted by molar-refractivity contribution is 9.10. The molecular formula is C14H16BrNO2. The van der Waals surface area contributed by atoms with Crippen LogP contribution in [0.3, 0.4) is 0 Å². The Bertz CT molecular complexity index is 469. The van der Waals surface area contributed by atoms with Gasteiger partial charge in [-0.05, 0) is 50.3 Å². The first kappa shape index (κ1) is 12.0. The fourth-order valence-corrected chi connectivity index (χ4v) is 2.48. The van der Waals surface area contributed by atoms with Gasteiger partial charge in [-0.1, -0.05) is 21.1 Å². The lowest BCUT2D eigenvalue weighted by molar-refractivity contribution is 0.00581. The lowest BCUT2D eigenvalue weighted by Gasteiger charge is -2.23. The SMILES string of the molecule is Brc1ccc2c(c1)C(=NOC1CCC1)CCCO2. The molecule has 0 amide bonds. The van der Waals surface area contributed by atoms with Crippen molar-refractivity contribution in [2.45, 2.75) is 38.2 Å². The number of nitrogens with zero attached hydrogens (tertiary/aromatic N) is 1. The van der Waals surface area contributed by atoms with Crippen LogP contribution in [0.25, 0.3) is 0 Å². The number of rotatable bonds is 2. The zero-order valence-corrected chi connectivity index (χ0v) is 11.8. The summed E-state index contributed by atoms with van der Waals surface area (Å²) >= 11 is 3.50. The van der Waals surface area contributed by atoms with Gasteiger partial charge in [-0.25, -0.2) is 0 Å². The second kappa shape index (κ2) is 5.31. The molecule has 1 aromatic carbocycles. The first-order valence-corrected chi connectivity index (χ1v) is 7.27. The Morgan fingerprint density at radius 2 is 2.17 bits per heavy atom. The van der Waals surface area contributed by atoms with Gasteiger partial charge in [-0.3, -0.25) is 0 Å². The maximum Gasteiger partial charge on any atom is 0.128 e. The maximum atomic E-state index is 5.72. The lowest BCUT2D eigenvalue weighted by atomic mass is 9.97. The van der Waals surface area contributed by atoms with E-state index in [0.717, 1.165) is 53.8 Å². The van der Waals surface area contributed by atoms with Gasteiger partial charge in [0.15, 0.2) is 0 Å². The lowest BCUT2D eigenvalue weighted by Crippen LogP contribution is -2.20. The quantitative estimate of drug-likeness (QED) is 0.776. The normalized spacial score (nSPS) is 21.7. The highest BCUT2D eigenvalue weighted by Gasteiger charge is 2.21. The van der Waals surface area contributed by atoms with E-state index >= 15 is 0 Å². The number of oxime groups is 1. The van der Waals surface area contributed by atoms with Gasteiger partial charge < -0.3 is 9.57 Å². The van der Waals surface area contributed by atoms with Gasteiger partial charge in [0.05, 0.1) is 12.3 Å². The van der Waals surface area contributed by atoms with Crippen LogP contribution in [0.1, 0.15) is 37.7 Å². The summed E-state index contributed by atoms with van der Waals surface area (Å²) in [5.41, 5.74) is 2.07. The molecule has 18 heavy (non-hydrogen) atoms. The van der Waals surface area contributed by atoms with E-state index in [1.54, 1.807) is 0 Å². The zero-order valence-electron chi connectivity index (χ0n) is 10.2. The zero-order chi connectivity index (χ0) is 12.4. The van der Waals surface area contributed by atoms with Crippen molar-refractivity contribution in [1.29, 1.82) is 0 Å². The van der Waals surface area contributed by atoms with Crippen molar-refractivity contribution < 1.29 is 9.57 Å². The van der Waals surface area contributed by atoms with Gasteiger partial charge >= 0.3 is 0 Å². The van der Waals surface area contributed by atoms with Crippen LogP contribution in [0.4, 0.5) is 0 Å². The van der Waals surface area contributed by atoms with Gasteiger partial charge in [0.2, 0.25) is 0 Å². The topological polar surface area (TPSA) is 30.8 Å². The smallest absolute Gasteiger partial charge is 0.128 e. The molecule has 0 spiro atoms. The molecule has 0 radical (unpaired) electrons. The van der Waals surface area contributed by atoms with Crippen molar-refractivity contribution in [3.05, 3.63) is 28.2 Å². The third-order valence-electron chi connectivity index (χ3n) is 3.43. The van der Waals surface area contributed by atoms with Crippen LogP contribution in [-0.2, 0) is 4.84 Å². The molecule has 0 atom stereocenters. The van der Waals surface area contributed by atoms with Crippen LogP contribution in [0.15, 0.2) is 27.8 Å². The third kappa shape index (κ3) is 2.53. The van der Waals surface area contributed by atoms with Gasteiger partial charge in [0, 0.05) is 10.0 Å². The van der Waals surface area contributed by atoms with Crippen LogP contribution in [0.2, 0.25) is 0 Å². The highest BCUT2D eigenvalue weighted by Crippen LogP contribution is 2.29. The number of benzene rings is 1. The molecule has 3 rings (SSSR count). The predicted molar refractivity (Wildman–Crippen MR) is 74.1 cm³/mol. The van der Waals surface area contributed by atoms with Crippen molar-refractivity contribution in [3.63, 3.8) is 0 Å². The summed E-state index contributed by atoms with van der Waals surface area (Å²) in [4.78, 5) is 5.59. The number of fused-ring (bicyclic) bond motifs is 1. The van der Waals surface area contributed by atoms with E-state index in [1.807, 2.05) is 12.1 Å². The van der Waals surface area contributed by atoms with E-state index in [9.17, 15) is 0 Å². The monoisotopic (exact) mass is 309 g/mol. The van der Waals surface area contributed by atoms with E-state index in [4.69, 9.17) is 9.57 Å². The Morgan fingerprint density at radius 1 is 1.28 bits per heavy atom. The molecule has 96 valence electrons.